The maximum absolute atomic E-state index is 12.4. The zero-order valence-electron chi connectivity index (χ0n) is 15.6. The second-order valence-electron chi connectivity index (χ2n) is 6.81. The van der Waals surface area contributed by atoms with Crippen molar-refractivity contribution >= 4 is 5.91 Å². The second kappa shape index (κ2) is 9.39. The van der Waals surface area contributed by atoms with Crippen molar-refractivity contribution < 1.29 is 9.53 Å². The van der Waals surface area contributed by atoms with E-state index in [1.54, 1.807) is 0 Å². The molecule has 1 heterocycles. The van der Waals surface area contributed by atoms with Crippen LogP contribution in [0.4, 0.5) is 0 Å². The van der Waals surface area contributed by atoms with Crippen LogP contribution in [0.25, 0.3) is 0 Å². The molecule has 0 atom stereocenters. The van der Waals surface area contributed by atoms with E-state index < -0.39 is 0 Å². The predicted molar refractivity (Wildman–Crippen MR) is 104 cm³/mol. The van der Waals surface area contributed by atoms with E-state index in [1.165, 1.54) is 5.56 Å². The van der Waals surface area contributed by atoms with Crippen LogP contribution in [-0.4, -0.2) is 48.5 Å². The molecule has 26 heavy (non-hydrogen) atoms. The standard InChI is InChI=1S/C22H28N2O2/c1-2-16-26-21-10-8-20(9-11-21)18-23-12-14-24(15-13-23)22(25)17-19-6-4-3-5-7-19/h3-11H,2,12-18H2,1H3. The summed E-state index contributed by atoms with van der Waals surface area (Å²) < 4.78 is 5.63. The van der Waals surface area contributed by atoms with Crippen LogP contribution in [0.3, 0.4) is 0 Å². The summed E-state index contributed by atoms with van der Waals surface area (Å²) in [5.41, 5.74) is 2.38. The minimum atomic E-state index is 0.230. The first-order valence-electron chi connectivity index (χ1n) is 9.50. The van der Waals surface area contributed by atoms with E-state index in [4.69, 9.17) is 4.74 Å². The van der Waals surface area contributed by atoms with Gasteiger partial charge in [-0.05, 0) is 29.7 Å². The third kappa shape index (κ3) is 5.33. The van der Waals surface area contributed by atoms with Crippen molar-refractivity contribution in [2.75, 3.05) is 32.8 Å². The summed E-state index contributed by atoms with van der Waals surface area (Å²) >= 11 is 0. The fourth-order valence-corrected chi connectivity index (χ4v) is 3.21. The normalized spacial score (nSPS) is 15.0. The van der Waals surface area contributed by atoms with Gasteiger partial charge in [0.05, 0.1) is 13.0 Å². The van der Waals surface area contributed by atoms with Crippen molar-refractivity contribution in [1.82, 2.24) is 9.80 Å². The largest absolute Gasteiger partial charge is 0.494 e. The zero-order valence-corrected chi connectivity index (χ0v) is 15.6. The van der Waals surface area contributed by atoms with Crippen LogP contribution in [0.5, 0.6) is 5.75 Å². The lowest BCUT2D eigenvalue weighted by atomic mass is 10.1. The summed E-state index contributed by atoms with van der Waals surface area (Å²) in [6.07, 6.45) is 1.52. The summed E-state index contributed by atoms with van der Waals surface area (Å²) in [4.78, 5) is 16.9. The van der Waals surface area contributed by atoms with Gasteiger partial charge in [-0.1, -0.05) is 49.4 Å². The van der Waals surface area contributed by atoms with Crippen molar-refractivity contribution in [1.29, 1.82) is 0 Å². The SMILES string of the molecule is CCCOc1ccc(CN2CCN(C(=O)Cc3ccccc3)CC2)cc1. The maximum Gasteiger partial charge on any atom is 0.227 e. The molecule has 4 heteroatoms. The molecule has 2 aromatic rings. The highest BCUT2D eigenvalue weighted by atomic mass is 16.5. The van der Waals surface area contributed by atoms with Gasteiger partial charge in [-0.25, -0.2) is 0 Å². The smallest absolute Gasteiger partial charge is 0.227 e. The van der Waals surface area contributed by atoms with Gasteiger partial charge >= 0.3 is 0 Å². The van der Waals surface area contributed by atoms with Gasteiger partial charge in [0.1, 0.15) is 5.75 Å². The van der Waals surface area contributed by atoms with Gasteiger partial charge in [0.2, 0.25) is 5.91 Å². The predicted octanol–water partition coefficient (Wildman–Crippen LogP) is 3.36. The third-order valence-corrected chi connectivity index (χ3v) is 4.73. The van der Waals surface area contributed by atoms with Crippen LogP contribution in [0.2, 0.25) is 0 Å². The number of hydrogen-bond acceptors (Lipinski definition) is 3. The minimum Gasteiger partial charge on any atom is -0.494 e. The molecule has 1 aliphatic rings. The number of amides is 1. The number of benzene rings is 2. The molecular weight excluding hydrogens is 324 g/mol. The topological polar surface area (TPSA) is 32.8 Å². The van der Waals surface area contributed by atoms with Crippen molar-refractivity contribution in [2.24, 2.45) is 0 Å². The van der Waals surface area contributed by atoms with Crippen molar-refractivity contribution in [3.05, 3.63) is 65.7 Å². The van der Waals surface area contributed by atoms with E-state index in [9.17, 15) is 4.79 Å². The molecule has 3 rings (SSSR count). The Morgan fingerprint density at radius 3 is 2.27 bits per heavy atom. The number of hydrogen-bond donors (Lipinski definition) is 0. The van der Waals surface area contributed by atoms with E-state index in [1.807, 2.05) is 47.4 Å². The highest BCUT2D eigenvalue weighted by Gasteiger charge is 2.21. The van der Waals surface area contributed by atoms with Gasteiger partial charge in [-0.2, -0.15) is 0 Å². The fourth-order valence-electron chi connectivity index (χ4n) is 3.21. The number of nitrogens with zero attached hydrogens (tertiary/aromatic N) is 2. The lowest BCUT2D eigenvalue weighted by Gasteiger charge is -2.34. The molecule has 0 aromatic heterocycles. The molecule has 0 radical (unpaired) electrons. The van der Waals surface area contributed by atoms with Gasteiger partial charge in [0, 0.05) is 32.7 Å². The molecule has 0 bridgehead atoms. The Morgan fingerprint density at radius 1 is 0.923 bits per heavy atom. The van der Waals surface area contributed by atoms with Crippen LogP contribution in [0, 0.1) is 0 Å². The Morgan fingerprint density at radius 2 is 1.62 bits per heavy atom. The molecule has 1 fully saturated rings. The molecule has 138 valence electrons. The summed E-state index contributed by atoms with van der Waals surface area (Å²) in [6, 6.07) is 18.3. The van der Waals surface area contributed by atoms with Gasteiger partial charge in [-0.15, -0.1) is 0 Å². The first kappa shape index (κ1) is 18.5. The Bertz CT molecular complexity index is 677. The van der Waals surface area contributed by atoms with Gasteiger partial charge in [0.25, 0.3) is 0 Å². The number of piperazine rings is 1. The molecule has 1 aliphatic heterocycles. The van der Waals surface area contributed by atoms with Crippen molar-refractivity contribution in [3.8, 4) is 5.75 Å². The summed E-state index contributed by atoms with van der Waals surface area (Å²) in [5.74, 6) is 1.17. The molecule has 0 spiro atoms. The van der Waals surface area contributed by atoms with Crippen molar-refractivity contribution in [3.63, 3.8) is 0 Å². The maximum atomic E-state index is 12.4. The van der Waals surface area contributed by atoms with Crippen LogP contribution in [-0.2, 0) is 17.8 Å². The molecule has 1 amide bonds. The quantitative estimate of drug-likeness (QED) is 0.766. The molecule has 2 aromatic carbocycles. The Hall–Kier alpha value is -2.33. The second-order valence-corrected chi connectivity index (χ2v) is 6.81. The van der Waals surface area contributed by atoms with Crippen molar-refractivity contribution in [2.45, 2.75) is 26.3 Å². The molecule has 0 aliphatic carbocycles. The highest BCUT2D eigenvalue weighted by Crippen LogP contribution is 2.15. The number of rotatable bonds is 7. The fraction of sp³-hybridized carbons (Fsp3) is 0.409. The van der Waals surface area contributed by atoms with Crippen LogP contribution >= 0.6 is 0 Å². The summed E-state index contributed by atoms with van der Waals surface area (Å²) in [5, 5.41) is 0. The number of ether oxygens (including phenoxy) is 1. The van der Waals surface area contributed by atoms with Crippen LogP contribution in [0.15, 0.2) is 54.6 Å². The van der Waals surface area contributed by atoms with Gasteiger partial charge in [0.15, 0.2) is 0 Å². The molecule has 1 saturated heterocycles. The zero-order chi connectivity index (χ0) is 18.2. The van der Waals surface area contributed by atoms with E-state index in [-0.39, 0.29) is 5.91 Å². The monoisotopic (exact) mass is 352 g/mol. The molecule has 0 saturated carbocycles. The van der Waals surface area contributed by atoms with Gasteiger partial charge < -0.3 is 9.64 Å². The lowest BCUT2D eigenvalue weighted by molar-refractivity contribution is -0.132. The van der Waals surface area contributed by atoms with E-state index in [2.05, 4.69) is 24.0 Å². The first-order chi connectivity index (χ1) is 12.7. The van der Waals surface area contributed by atoms with E-state index in [0.29, 0.717) is 6.42 Å². The Kier molecular flexibility index (Phi) is 6.67. The molecular formula is C22H28N2O2. The Balaban J connectivity index is 1.44. The average molecular weight is 352 g/mol. The average Bonchev–Trinajstić information content (AvgIpc) is 2.69. The molecule has 0 N–H and O–H groups in total. The minimum absolute atomic E-state index is 0.230. The summed E-state index contributed by atoms with van der Waals surface area (Å²) in [7, 11) is 0. The van der Waals surface area contributed by atoms with Crippen LogP contribution < -0.4 is 4.74 Å². The first-order valence-corrected chi connectivity index (χ1v) is 9.50. The third-order valence-electron chi connectivity index (χ3n) is 4.73. The molecule has 0 unspecified atom stereocenters. The number of carbonyl (C=O) groups excluding carboxylic acids is 1. The van der Waals surface area contributed by atoms with E-state index in [0.717, 1.165) is 57.1 Å². The number of carbonyl (C=O) groups is 1. The van der Waals surface area contributed by atoms with E-state index >= 15 is 0 Å². The van der Waals surface area contributed by atoms with Gasteiger partial charge in [-0.3, -0.25) is 9.69 Å². The molecule has 4 nitrogen and oxygen atoms in total. The lowest BCUT2D eigenvalue weighted by Crippen LogP contribution is -2.48. The van der Waals surface area contributed by atoms with Crippen LogP contribution in [0.1, 0.15) is 24.5 Å². The summed E-state index contributed by atoms with van der Waals surface area (Å²) in [6.45, 7) is 7.27. The Labute approximate surface area is 156 Å². The highest BCUT2D eigenvalue weighted by molar-refractivity contribution is 5.78.